The standard InChI is InChI=1S/C19H15ClN4O4/c1-10(23-18(25)14-9-22-24-5-3-4-21-17(14)24)15-7-11-6-12(20)8-13(16(11)28-15)19(26)27-2/h3-10H,1-2H3,(H,23,25)/t10-/m0/s1. The SMILES string of the molecule is COC(=O)c1cc(Cl)cc2cc([C@H](C)NC(=O)c3cnn4cccnc34)oc12. The van der Waals surface area contributed by atoms with Crippen molar-refractivity contribution >= 4 is 40.1 Å². The van der Waals surface area contributed by atoms with Gasteiger partial charge in [-0.1, -0.05) is 11.6 Å². The Morgan fingerprint density at radius 1 is 1.29 bits per heavy atom. The molecule has 1 N–H and O–H groups in total. The summed E-state index contributed by atoms with van der Waals surface area (Å²) in [5.74, 6) is -0.421. The third kappa shape index (κ3) is 3.07. The number of carbonyl (C=O) groups excluding carboxylic acids is 2. The number of ether oxygens (including phenoxy) is 1. The summed E-state index contributed by atoms with van der Waals surface area (Å²) < 4.78 is 12.1. The average molecular weight is 399 g/mol. The molecule has 1 amide bonds. The molecular weight excluding hydrogens is 384 g/mol. The van der Waals surface area contributed by atoms with Gasteiger partial charge in [0.2, 0.25) is 0 Å². The number of amides is 1. The summed E-state index contributed by atoms with van der Waals surface area (Å²) in [7, 11) is 1.28. The third-order valence-corrected chi connectivity index (χ3v) is 4.52. The van der Waals surface area contributed by atoms with E-state index in [-0.39, 0.29) is 11.5 Å². The van der Waals surface area contributed by atoms with Gasteiger partial charge in [-0.05, 0) is 31.2 Å². The first kappa shape index (κ1) is 18.0. The van der Waals surface area contributed by atoms with Crippen LogP contribution in [-0.4, -0.2) is 33.6 Å². The molecule has 8 nitrogen and oxygen atoms in total. The van der Waals surface area contributed by atoms with Gasteiger partial charge in [-0.3, -0.25) is 4.79 Å². The molecule has 0 saturated heterocycles. The number of benzene rings is 1. The lowest BCUT2D eigenvalue weighted by Gasteiger charge is -2.10. The van der Waals surface area contributed by atoms with Gasteiger partial charge < -0.3 is 14.5 Å². The second kappa shape index (κ2) is 6.97. The highest BCUT2D eigenvalue weighted by atomic mass is 35.5. The number of esters is 1. The summed E-state index contributed by atoms with van der Waals surface area (Å²) in [6, 6.07) is 6.15. The molecule has 28 heavy (non-hydrogen) atoms. The van der Waals surface area contributed by atoms with Crippen LogP contribution in [-0.2, 0) is 4.74 Å². The number of nitrogens with zero attached hydrogens (tertiary/aromatic N) is 3. The number of methoxy groups -OCH3 is 1. The van der Waals surface area contributed by atoms with Crippen LogP contribution in [0.4, 0.5) is 0 Å². The van der Waals surface area contributed by atoms with Gasteiger partial charge in [0.1, 0.15) is 22.5 Å². The average Bonchev–Trinajstić information content (AvgIpc) is 3.30. The molecule has 0 saturated carbocycles. The molecular formula is C19H15ClN4O4. The summed E-state index contributed by atoms with van der Waals surface area (Å²) in [4.78, 5) is 28.8. The van der Waals surface area contributed by atoms with Crippen LogP contribution in [0.1, 0.15) is 39.4 Å². The first-order chi connectivity index (χ1) is 13.5. The predicted octanol–water partition coefficient (Wildman–Crippen LogP) is 3.41. The van der Waals surface area contributed by atoms with Crippen LogP contribution in [0, 0.1) is 0 Å². The minimum atomic E-state index is -0.553. The van der Waals surface area contributed by atoms with Gasteiger partial charge in [0.05, 0.1) is 19.3 Å². The monoisotopic (exact) mass is 398 g/mol. The van der Waals surface area contributed by atoms with Crippen molar-refractivity contribution in [2.24, 2.45) is 0 Å². The first-order valence-electron chi connectivity index (χ1n) is 8.38. The zero-order chi connectivity index (χ0) is 19.8. The number of hydrogen-bond donors (Lipinski definition) is 1. The van der Waals surface area contributed by atoms with Crippen LogP contribution in [0.3, 0.4) is 0 Å². The van der Waals surface area contributed by atoms with Crippen LogP contribution < -0.4 is 5.32 Å². The van der Waals surface area contributed by atoms with Gasteiger partial charge in [-0.25, -0.2) is 14.3 Å². The molecule has 3 aromatic heterocycles. The molecule has 0 aliphatic heterocycles. The second-order valence-electron chi connectivity index (χ2n) is 6.15. The number of rotatable bonds is 4. The Labute approximate surface area is 164 Å². The van der Waals surface area contributed by atoms with E-state index >= 15 is 0 Å². The van der Waals surface area contributed by atoms with Gasteiger partial charge in [0.25, 0.3) is 5.91 Å². The zero-order valence-electron chi connectivity index (χ0n) is 15.0. The number of halogens is 1. The summed E-state index contributed by atoms with van der Waals surface area (Å²) in [6.07, 6.45) is 4.76. The molecule has 0 unspecified atom stereocenters. The molecule has 0 bridgehead atoms. The van der Waals surface area contributed by atoms with Gasteiger partial charge in [0, 0.05) is 22.8 Å². The van der Waals surface area contributed by atoms with Crippen molar-refractivity contribution in [1.82, 2.24) is 19.9 Å². The molecule has 3 heterocycles. The topological polar surface area (TPSA) is 98.7 Å². The van der Waals surface area contributed by atoms with Crippen LogP contribution in [0.2, 0.25) is 5.02 Å². The van der Waals surface area contributed by atoms with E-state index in [9.17, 15) is 9.59 Å². The molecule has 0 spiro atoms. The molecule has 0 radical (unpaired) electrons. The number of carbonyl (C=O) groups is 2. The van der Waals surface area contributed by atoms with Crippen molar-refractivity contribution < 1.29 is 18.7 Å². The number of furan rings is 1. The van der Waals surface area contributed by atoms with E-state index in [2.05, 4.69) is 15.4 Å². The fourth-order valence-electron chi connectivity index (χ4n) is 2.94. The van der Waals surface area contributed by atoms with E-state index in [1.807, 2.05) is 0 Å². The molecule has 9 heteroatoms. The van der Waals surface area contributed by atoms with Gasteiger partial charge >= 0.3 is 5.97 Å². The van der Waals surface area contributed by atoms with Crippen LogP contribution >= 0.6 is 11.6 Å². The predicted molar refractivity (Wildman–Crippen MR) is 101 cm³/mol. The van der Waals surface area contributed by atoms with Crippen LogP contribution in [0.25, 0.3) is 16.6 Å². The van der Waals surface area contributed by atoms with Crippen molar-refractivity contribution in [2.45, 2.75) is 13.0 Å². The lowest BCUT2D eigenvalue weighted by Crippen LogP contribution is -2.26. The maximum absolute atomic E-state index is 12.7. The summed E-state index contributed by atoms with van der Waals surface area (Å²) in [5.41, 5.74) is 1.38. The minimum absolute atomic E-state index is 0.224. The van der Waals surface area contributed by atoms with E-state index in [4.69, 9.17) is 20.8 Å². The van der Waals surface area contributed by atoms with Crippen molar-refractivity contribution in [1.29, 1.82) is 0 Å². The maximum Gasteiger partial charge on any atom is 0.341 e. The maximum atomic E-state index is 12.7. The fourth-order valence-corrected chi connectivity index (χ4v) is 3.17. The highest BCUT2D eigenvalue weighted by Gasteiger charge is 2.21. The normalized spacial score (nSPS) is 12.2. The molecule has 1 atom stereocenters. The number of aromatic nitrogens is 3. The molecule has 0 fully saturated rings. The summed E-state index contributed by atoms with van der Waals surface area (Å²) in [6.45, 7) is 1.77. The molecule has 0 aliphatic rings. The van der Waals surface area contributed by atoms with E-state index in [1.54, 1.807) is 37.5 Å². The summed E-state index contributed by atoms with van der Waals surface area (Å²) in [5, 5.41) is 7.99. The quantitative estimate of drug-likeness (QED) is 0.529. The summed E-state index contributed by atoms with van der Waals surface area (Å²) >= 11 is 6.09. The van der Waals surface area contributed by atoms with E-state index in [0.29, 0.717) is 33.0 Å². The van der Waals surface area contributed by atoms with Gasteiger partial charge in [-0.15, -0.1) is 0 Å². The zero-order valence-corrected chi connectivity index (χ0v) is 15.7. The second-order valence-corrected chi connectivity index (χ2v) is 6.59. The van der Waals surface area contributed by atoms with Crippen molar-refractivity contribution in [2.75, 3.05) is 7.11 Å². The van der Waals surface area contributed by atoms with E-state index in [1.165, 1.54) is 23.9 Å². The third-order valence-electron chi connectivity index (χ3n) is 4.30. The molecule has 4 rings (SSSR count). The Kier molecular flexibility index (Phi) is 4.48. The van der Waals surface area contributed by atoms with Crippen LogP contribution in [0.5, 0.6) is 0 Å². The first-order valence-corrected chi connectivity index (χ1v) is 8.76. The van der Waals surface area contributed by atoms with Crippen molar-refractivity contribution in [3.63, 3.8) is 0 Å². The lowest BCUT2D eigenvalue weighted by atomic mass is 10.1. The molecule has 142 valence electrons. The Hall–Kier alpha value is -3.39. The number of hydrogen-bond acceptors (Lipinski definition) is 6. The lowest BCUT2D eigenvalue weighted by molar-refractivity contribution is 0.0601. The van der Waals surface area contributed by atoms with E-state index in [0.717, 1.165) is 0 Å². The fraction of sp³-hybridized carbons (Fsp3) is 0.158. The Bertz CT molecular complexity index is 1210. The van der Waals surface area contributed by atoms with Crippen molar-refractivity contribution in [3.8, 4) is 0 Å². The highest BCUT2D eigenvalue weighted by Crippen LogP contribution is 2.30. The van der Waals surface area contributed by atoms with Gasteiger partial charge in [0.15, 0.2) is 5.65 Å². The Balaban J connectivity index is 1.64. The highest BCUT2D eigenvalue weighted by molar-refractivity contribution is 6.32. The van der Waals surface area contributed by atoms with Crippen LogP contribution in [0.15, 0.2) is 47.3 Å². The smallest absolute Gasteiger partial charge is 0.341 e. The molecule has 4 aromatic rings. The number of fused-ring (bicyclic) bond motifs is 2. The largest absolute Gasteiger partial charge is 0.465 e. The van der Waals surface area contributed by atoms with Gasteiger partial charge in [-0.2, -0.15) is 5.10 Å². The Morgan fingerprint density at radius 2 is 2.11 bits per heavy atom. The van der Waals surface area contributed by atoms with Crippen molar-refractivity contribution in [3.05, 3.63) is 64.8 Å². The molecule has 1 aromatic carbocycles. The minimum Gasteiger partial charge on any atom is -0.465 e. The molecule has 0 aliphatic carbocycles. The Morgan fingerprint density at radius 3 is 2.89 bits per heavy atom. The number of nitrogens with one attached hydrogen (secondary N) is 1. The van der Waals surface area contributed by atoms with E-state index < -0.39 is 12.0 Å².